The Labute approximate surface area is 163 Å². The van der Waals surface area contributed by atoms with Crippen molar-refractivity contribution in [2.24, 2.45) is 5.41 Å². The molecule has 0 aliphatic rings. The molecule has 0 bridgehead atoms. The standard InChI is InChI=1S/C9H16O2.C8H14O2.C4H6O2/c1-3-4-5-6-7-8(2)9(10)11;1-6(7(9)10)5-8(2,3)4;1-3(2)4(5)6/h2-7H2,1H3,(H,10,11);1,5H2,2-4H3,(H,9,10);1H2,2H3,(H,5,6). The van der Waals surface area contributed by atoms with Crippen molar-refractivity contribution in [2.75, 3.05) is 0 Å². The predicted octanol–water partition coefficient (Wildman–Crippen LogP) is 5.31. The van der Waals surface area contributed by atoms with Crippen molar-refractivity contribution in [1.82, 2.24) is 0 Å². The van der Waals surface area contributed by atoms with Crippen LogP contribution in [0.1, 0.15) is 73.1 Å². The van der Waals surface area contributed by atoms with Crippen LogP contribution in [0.3, 0.4) is 0 Å². The minimum absolute atomic E-state index is 0.0233. The van der Waals surface area contributed by atoms with Gasteiger partial charge in [0.25, 0.3) is 0 Å². The Morgan fingerprint density at radius 3 is 1.41 bits per heavy atom. The lowest BCUT2D eigenvalue weighted by Crippen LogP contribution is -2.10. The van der Waals surface area contributed by atoms with E-state index in [1.165, 1.54) is 19.8 Å². The van der Waals surface area contributed by atoms with E-state index >= 15 is 0 Å². The zero-order chi connectivity index (χ0) is 22.2. The molecule has 0 heterocycles. The number of carboxylic acids is 3. The summed E-state index contributed by atoms with van der Waals surface area (Å²) in [5.74, 6) is -2.69. The van der Waals surface area contributed by atoms with Gasteiger partial charge in [-0.05, 0) is 31.6 Å². The largest absolute Gasteiger partial charge is 0.478 e. The van der Waals surface area contributed by atoms with Crippen molar-refractivity contribution in [3.63, 3.8) is 0 Å². The minimum Gasteiger partial charge on any atom is -0.478 e. The van der Waals surface area contributed by atoms with Gasteiger partial charge in [-0.3, -0.25) is 0 Å². The molecule has 0 rings (SSSR count). The lowest BCUT2D eigenvalue weighted by molar-refractivity contribution is -0.133. The number of carboxylic acid groups (broad SMARTS) is 3. The number of rotatable bonds is 9. The molecule has 0 fully saturated rings. The van der Waals surface area contributed by atoms with E-state index in [-0.39, 0.29) is 16.6 Å². The molecule has 0 aliphatic heterocycles. The summed E-state index contributed by atoms with van der Waals surface area (Å²) in [6.45, 7) is 19.6. The Balaban J connectivity index is -0.000000334. The zero-order valence-corrected chi connectivity index (χ0v) is 17.4. The maximum absolute atomic E-state index is 10.3. The molecule has 0 unspecified atom stereocenters. The summed E-state index contributed by atoms with van der Waals surface area (Å²) in [5, 5.41) is 24.8. The lowest BCUT2D eigenvalue weighted by Gasteiger charge is -2.17. The number of hydrogen-bond acceptors (Lipinski definition) is 3. The summed E-state index contributed by atoms with van der Waals surface area (Å²) in [7, 11) is 0. The highest BCUT2D eigenvalue weighted by Gasteiger charge is 2.15. The van der Waals surface area contributed by atoms with E-state index in [0.29, 0.717) is 18.4 Å². The summed E-state index contributed by atoms with van der Waals surface area (Å²) in [6, 6.07) is 0. The SMILES string of the molecule is C=C(C)C(=O)O.C=C(CC(C)(C)C)C(=O)O.C=C(CCCCCC)C(=O)O. The second kappa shape index (κ2) is 15.9. The van der Waals surface area contributed by atoms with Crippen LogP contribution in [0, 0.1) is 5.41 Å². The van der Waals surface area contributed by atoms with Crippen molar-refractivity contribution in [2.45, 2.75) is 73.1 Å². The Kier molecular flexibility index (Phi) is 17.3. The summed E-state index contributed by atoms with van der Waals surface area (Å²) in [4.78, 5) is 30.1. The van der Waals surface area contributed by atoms with Crippen LogP contribution < -0.4 is 0 Å². The fourth-order valence-electron chi connectivity index (χ4n) is 1.59. The van der Waals surface area contributed by atoms with Gasteiger partial charge in [-0.25, -0.2) is 14.4 Å². The van der Waals surface area contributed by atoms with Crippen molar-refractivity contribution in [3.05, 3.63) is 36.5 Å². The van der Waals surface area contributed by atoms with E-state index in [0.717, 1.165) is 12.8 Å². The Morgan fingerprint density at radius 1 is 0.778 bits per heavy atom. The van der Waals surface area contributed by atoms with Gasteiger partial charge in [0.2, 0.25) is 0 Å². The quantitative estimate of drug-likeness (QED) is 0.367. The highest BCUT2D eigenvalue weighted by molar-refractivity contribution is 5.86. The number of hydrogen-bond donors (Lipinski definition) is 3. The summed E-state index contributed by atoms with van der Waals surface area (Å²) in [5.41, 5.74) is 0.818. The predicted molar refractivity (Wildman–Crippen MR) is 109 cm³/mol. The molecular weight excluding hydrogens is 348 g/mol. The number of carbonyl (C=O) groups is 3. The van der Waals surface area contributed by atoms with Crippen LogP contribution in [0.2, 0.25) is 0 Å². The van der Waals surface area contributed by atoms with Crippen molar-refractivity contribution in [3.8, 4) is 0 Å². The van der Waals surface area contributed by atoms with Gasteiger partial charge >= 0.3 is 17.9 Å². The summed E-state index contributed by atoms with van der Waals surface area (Å²) >= 11 is 0. The third kappa shape index (κ3) is 26.0. The summed E-state index contributed by atoms with van der Waals surface area (Å²) in [6.07, 6.45) is 5.62. The van der Waals surface area contributed by atoms with Gasteiger partial charge in [0.05, 0.1) is 0 Å². The Hall–Kier alpha value is -2.37. The molecule has 0 amide bonds. The third-order valence-corrected chi connectivity index (χ3v) is 3.05. The maximum Gasteiger partial charge on any atom is 0.330 e. The van der Waals surface area contributed by atoms with Gasteiger partial charge in [0.1, 0.15) is 0 Å². The first kappa shape index (κ1) is 29.4. The molecule has 0 saturated carbocycles. The van der Waals surface area contributed by atoms with Gasteiger partial charge in [0, 0.05) is 16.7 Å². The average Bonchev–Trinajstić information content (AvgIpc) is 2.50. The highest BCUT2D eigenvalue weighted by Crippen LogP contribution is 2.22. The van der Waals surface area contributed by atoms with Crippen LogP contribution in [-0.2, 0) is 14.4 Å². The molecule has 6 nitrogen and oxygen atoms in total. The molecule has 3 N–H and O–H groups in total. The van der Waals surface area contributed by atoms with Gasteiger partial charge in [-0.15, -0.1) is 0 Å². The van der Waals surface area contributed by atoms with Crippen molar-refractivity contribution < 1.29 is 29.7 Å². The molecule has 0 aromatic heterocycles. The molecule has 0 aromatic rings. The van der Waals surface area contributed by atoms with E-state index in [4.69, 9.17) is 15.3 Å². The topological polar surface area (TPSA) is 112 Å². The Bertz CT molecular complexity index is 511. The normalized spacial score (nSPS) is 9.67. The number of aliphatic carboxylic acids is 3. The van der Waals surface area contributed by atoms with Gasteiger partial charge < -0.3 is 15.3 Å². The first-order valence-electron chi connectivity index (χ1n) is 8.86. The van der Waals surface area contributed by atoms with Crippen LogP contribution in [0.4, 0.5) is 0 Å². The van der Waals surface area contributed by atoms with E-state index in [1.807, 2.05) is 20.8 Å². The monoisotopic (exact) mass is 384 g/mol. The second-order valence-electron chi connectivity index (χ2n) is 7.45. The van der Waals surface area contributed by atoms with Crippen LogP contribution in [0.5, 0.6) is 0 Å². The molecule has 0 saturated heterocycles. The smallest absolute Gasteiger partial charge is 0.330 e. The molecule has 0 radical (unpaired) electrons. The first-order valence-corrected chi connectivity index (χ1v) is 8.86. The molecule has 0 spiro atoms. The van der Waals surface area contributed by atoms with Crippen LogP contribution in [-0.4, -0.2) is 33.2 Å². The average molecular weight is 385 g/mol. The van der Waals surface area contributed by atoms with Crippen molar-refractivity contribution >= 4 is 17.9 Å². The maximum atomic E-state index is 10.3. The van der Waals surface area contributed by atoms with E-state index in [1.54, 1.807) is 0 Å². The Morgan fingerprint density at radius 2 is 1.19 bits per heavy atom. The van der Waals surface area contributed by atoms with Crippen LogP contribution in [0.15, 0.2) is 36.5 Å². The molecule has 27 heavy (non-hydrogen) atoms. The van der Waals surface area contributed by atoms with Crippen LogP contribution >= 0.6 is 0 Å². The minimum atomic E-state index is -0.935. The van der Waals surface area contributed by atoms with Gasteiger partial charge in [0.15, 0.2) is 0 Å². The van der Waals surface area contributed by atoms with E-state index < -0.39 is 17.9 Å². The van der Waals surface area contributed by atoms with Crippen molar-refractivity contribution in [1.29, 1.82) is 0 Å². The van der Waals surface area contributed by atoms with E-state index in [9.17, 15) is 14.4 Å². The lowest BCUT2D eigenvalue weighted by atomic mass is 9.88. The van der Waals surface area contributed by atoms with Crippen LogP contribution in [0.25, 0.3) is 0 Å². The number of unbranched alkanes of at least 4 members (excludes halogenated alkanes) is 3. The molecular formula is C21H36O6. The zero-order valence-electron chi connectivity index (χ0n) is 17.4. The van der Waals surface area contributed by atoms with Gasteiger partial charge in [-0.2, -0.15) is 0 Å². The first-order chi connectivity index (χ1) is 12.2. The fourth-order valence-corrected chi connectivity index (χ4v) is 1.59. The molecule has 0 aromatic carbocycles. The third-order valence-electron chi connectivity index (χ3n) is 3.05. The highest BCUT2D eigenvalue weighted by atomic mass is 16.4. The van der Waals surface area contributed by atoms with Gasteiger partial charge in [-0.1, -0.05) is 66.7 Å². The molecule has 156 valence electrons. The summed E-state index contributed by atoms with van der Waals surface area (Å²) < 4.78 is 0. The second-order valence-corrected chi connectivity index (χ2v) is 7.45. The fraction of sp³-hybridized carbons (Fsp3) is 0.571. The molecule has 0 atom stereocenters. The molecule has 6 heteroatoms. The molecule has 0 aliphatic carbocycles. The van der Waals surface area contributed by atoms with E-state index in [2.05, 4.69) is 26.7 Å².